The Hall–Kier alpha value is -3.27. The van der Waals surface area contributed by atoms with Gasteiger partial charge in [-0.1, -0.05) is 68.3 Å². The van der Waals surface area contributed by atoms with Crippen molar-refractivity contribution in [3.05, 3.63) is 102 Å². The Morgan fingerprint density at radius 3 is 2.16 bits per heavy atom. The molecule has 0 radical (unpaired) electrons. The van der Waals surface area contributed by atoms with Gasteiger partial charge in [0.1, 0.15) is 0 Å². The number of allylic oxidation sites excluding steroid dienone is 1. The summed E-state index contributed by atoms with van der Waals surface area (Å²) in [7, 11) is 0. The van der Waals surface area contributed by atoms with Crippen LogP contribution in [-0.4, -0.2) is 5.97 Å². The Labute approximate surface area is 188 Å². The van der Waals surface area contributed by atoms with Crippen molar-refractivity contribution >= 4 is 5.97 Å². The van der Waals surface area contributed by atoms with E-state index in [4.69, 9.17) is 4.74 Å². The third kappa shape index (κ3) is 5.91. The smallest absolute Gasteiger partial charge is 0.343 e. The van der Waals surface area contributed by atoms with E-state index in [9.17, 15) is 13.6 Å². The minimum Gasteiger partial charge on any atom is -0.420 e. The molecule has 0 aliphatic heterocycles. The average Bonchev–Trinajstić information content (AvgIpc) is 2.82. The zero-order chi connectivity index (χ0) is 22.9. The van der Waals surface area contributed by atoms with Crippen LogP contribution in [0.4, 0.5) is 8.78 Å². The van der Waals surface area contributed by atoms with Crippen molar-refractivity contribution in [1.82, 2.24) is 0 Å². The van der Waals surface area contributed by atoms with E-state index in [0.717, 1.165) is 17.5 Å². The Morgan fingerprint density at radius 2 is 1.53 bits per heavy atom. The highest BCUT2D eigenvalue weighted by atomic mass is 19.2. The molecule has 0 aliphatic rings. The fraction of sp³-hybridized carbons (Fsp3) is 0.250. The Bertz CT molecular complexity index is 1050. The summed E-state index contributed by atoms with van der Waals surface area (Å²) in [5, 5.41) is 0. The number of carbonyl (C=O) groups excluding carboxylic acids is 1. The molecule has 0 atom stereocenters. The standard InChI is InChI=1S/C28H28F2O2/c1-3-5-7-8-20-10-12-21(13-11-20)22-14-16-24(17-15-22)28(31)32-25-19-18-23(9-6-4-2)26(29)27(25)30/h4,10-19H,2-3,5-9H2,1H3. The van der Waals surface area contributed by atoms with Crippen molar-refractivity contribution in [3.63, 3.8) is 0 Å². The Kier molecular flexibility index (Phi) is 8.32. The molecule has 0 unspecified atom stereocenters. The fourth-order valence-corrected chi connectivity index (χ4v) is 3.50. The first-order chi connectivity index (χ1) is 15.5. The number of rotatable bonds is 10. The van der Waals surface area contributed by atoms with Crippen LogP contribution in [0.25, 0.3) is 11.1 Å². The van der Waals surface area contributed by atoms with E-state index in [1.165, 1.54) is 37.0 Å². The van der Waals surface area contributed by atoms with Crippen molar-refractivity contribution in [2.75, 3.05) is 0 Å². The lowest BCUT2D eigenvalue weighted by atomic mass is 10.0. The molecule has 4 heteroatoms. The van der Waals surface area contributed by atoms with Gasteiger partial charge in [-0.3, -0.25) is 0 Å². The summed E-state index contributed by atoms with van der Waals surface area (Å²) in [6, 6.07) is 18.0. The van der Waals surface area contributed by atoms with Crippen molar-refractivity contribution < 1.29 is 18.3 Å². The van der Waals surface area contributed by atoms with Crippen LogP contribution in [0.5, 0.6) is 5.75 Å². The lowest BCUT2D eigenvalue weighted by Gasteiger charge is -2.09. The number of esters is 1. The molecule has 32 heavy (non-hydrogen) atoms. The lowest BCUT2D eigenvalue weighted by Crippen LogP contribution is -2.10. The quantitative estimate of drug-likeness (QED) is 0.141. The molecule has 0 heterocycles. The fourth-order valence-electron chi connectivity index (χ4n) is 3.50. The molecule has 0 amide bonds. The molecule has 0 fully saturated rings. The van der Waals surface area contributed by atoms with Gasteiger partial charge in [-0.05, 0) is 66.1 Å². The SMILES string of the molecule is C=CCCc1ccc(OC(=O)c2ccc(-c3ccc(CCCCC)cc3)cc2)c(F)c1F. The average molecular weight is 435 g/mol. The summed E-state index contributed by atoms with van der Waals surface area (Å²) >= 11 is 0. The van der Waals surface area contributed by atoms with Crippen LogP contribution in [0.3, 0.4) is 0 Å². The maximum atomic E-state index is 14.3. The molecule has 0 N–H and O–H groups in total. The van der Waals surface area contributed by atoms with Crippen molar-refractivity contribution in [2.24, 2.45) is 0 Å². The summed E-state index contributed by atoms with van der Waals surface area (Å²) in [5.74, 6) is -3.31. The summed E-state index contributed by atoms with van der Waals surface area (Å²) in [5.41, 5.74) is 3.81. The van der Waals surface area contributed by atoms with Crippen LogP contribution in [0.1, 0.15) is 54.1 Å². The number of carbonyl (C=O) groups is 1. The van der Waals surface area contributed by atoms with Gasteiger partial charge >= 0.3 is 5.97 Å². The Morgan fingerprint density at radius 1 is 0.875 bits per heavy atom. The van der Waals surface area contributed by atoms with Gasteiger partial charge < -0.3 is 4.74 Å². The Balaban J connectivity index is 1.66. The van der Waals surface area contributed by atoms with Crippen molar-refractivity contribution in [2.45, 2.75) is 45.4 Å². The third-order valence-corrected chi connectivity index (χ3v) is 5.42. The summed E-state index contributed by atoms with van der Waals surface area (Å²) in [6.45, 7) is 5.77. The molecule has 0 aliphatic carbocycles. The maximum Gasteiger partial charge on any atom is 0.343 e. The van der Waals surface area contributed by atoms with E-state index < -0.39 is 23.4 Å². The number of unbranched alkanes of at least 4 members (excludes halogenated alkanes) is 2. The van der Waals surface area contributed by atoms with E-state index in [1.807, 2.05) is 12.1 Å². The normalized spacial score (nSPS) is 10.7. The van der Waals surface area contributed by atoms with Gasteiger partial charge in [0.15, 0.2) is 11.6 Å². The number of benzene rings is 3. The van der Waals surface area contributed by atoms with E-state index in [-0.39, 0.29) is 11.1 Å². The number of aryl methyl sites for hydroxylation is 2. The van der Waals surface area contributed by atoms with Crippen LogP contribution < -0.4 is 4.74 Å². The van der Waals surface area contributed by atoms with E-state index in [1.54, 1.807) is 18.2 Å². The van der Waals surface area contributed by atoms with Gasteiger partial charge in [-0.25, -0.2) is 9.18 Å². The van der Waals surface area contributed by atoms with Crippen LogP contribution >= 0.6 is 0 Å². The molecule has 0 saturated carbocycles. The molecule has 166 valence electrons. The van der Waals surface area contributed by atoms with Crippen LogP contribution in [0.15, 0.2) is 73.3 Å². The molecule has 3 rings (SSSR count). The van der Waals surface area contributed by atoms with Crippen LogP contribution in [-0.2, 0) is 12.8 Å². The van der Waals surface area contributed by atoms with Gasteiger partial charge in [0.05, 0.1) is 5.56 Å². The zero-order valence-electron chi connectivity index (χ0n) is 18.4. The minimum atomic E-state index is -1.16. The molecular formula is C28H28F2O2. The van der Waals surface area contributed by atoms with E-state index >= 15 is 0 Å². The highest BCUT2D eigenvalue weighted by Gasteiger charge is 2.18. The largest absolute Gasteiger partial charge is 0.420 e. The first kappa shape index (κ1) is 23.4. The number of hydrogen-bond donors (Lipinski definition) is 0. The molecule has 2 nitrogen and oxygen atoms in total. The van der Waals surface area contributed by atoms with Crippen molar-refractivity contribution in [1.29, 1.82) is 0 Å². The van der Waals surface area contributed by atoms with Gasteiger partial charge in [-0.2, -0.15) is 4.39 Å². The summed E-state index contributed by atoms with van der Waals surface area (Å²) < 4.78 is 33.6. The molecule has 0 spiro atoms. The second kappa shape index (κ2) is 11.4. The highest BCUT2D eigenvalue weighted by molar-refractivity contribution is 5.91. The first-order valence-electron chi connectivity index (χ1n) is 11.0. The van der Waals surface area contributed by atoms with Crippen molar-refractivity contribution in [3.8, 4) is 16.9 Å². The molecule has 0 saturated heterocycles. The number of halogens is 2. The minimum absolute atomic E-state index is 0.225. The molecule has 0 bridgehead atoms. The maximum absolute atomic E-state index is 14.3. The van der Waals surface area contributed by atoms with Crippen LogP contribution in [0.2, 0.25) is 0 Å². The topological polar surface area (TPSA) is 26.3 Å². The second-order valence-corrected chi connectivity index (χ2v) is 7.80. The number of ether oxygens (including phenoxy) is 1. The molecule has 3 aromatic carbocycles. The first-order valence-corrected chi connectivity index (χ1v) is 11.0. The monoisotopic (exact) mass is 434 g/mol. The molecule has 3 aromatic rings. The summed E-state index contributed by atoms with van der Waals surface area (Å²) in [6.07, 6.45) is 7.20. The zero-order valence-corrected chi connectivity index (χ0v) is 18.4. The molecular weight excluding hydrogens is 406 g/mol. The summed E-state index contributed by atoms with van der Waals surface area (Å²) in [4.78, 5) is 12.4. The predicted octanol–water partition coefficient (Wildman–Crippen LogP) is 7.70. The van der Waals surface area contributed by atoms with Gasteiger partial charge in [0.2, 0.25) is 5.82 Å². The number of hydrogen-bond acceptors (Lipinski definition) is 2. The van der Waals surface area contributed by atoms with E-state index in [2.05, 4.69) is 37.8 Å². The molecule has 0 aromatic heterocycles. The van der Waals surface area contributed by atoms with Gasteiger partial charge in [0, 0.05) is 0 Å². The van der Waals surface area contributed by atoms with Gasteiger partial charge in [-0.15, -0.1) is 6.58 Å². The van der Waals surface area contributed by atoms with E-state index in [0.29, 0.717) is 12.8 Å². The van der Waals surface area contributed by atoms with Crippen LogP contribution in [0, 0.1) is 11.6 Å². The lowest BCUT2D eigenvalue weighted by molar-refractivity contribution is 0.0726. The van der Waals surface area contributed by atoms with Gasteiger partial charge in [0.25, 0.3) is 0 Å². The highest BCUT2D eigenvalue weighted by Crippen LogP contribution is 2.26. The third-order valence-electron chi connectivity index (χ3n) is 5.42. The second-order valence-electron chi connectivity index (χ2n) is 7.80. The predicted molar refractivity (Wildman–Crippen MR) is 125 cm³/mol.